The zero-order valence-corrected chi connectivity index (χ0v) is 17.1. The van der Waals surface area contributed by atoms with Crippen LogP contribution in [-0.2, 0) is 20.7 Å². The molecule has 0 spiro atoms. The average molecular weight is 399 g/mol. The van der Waals surface area contributed by atoms with E-state index in [1.165, 1.54) is 5.56 Å². The lowest BCUT2D eigenvalue weighted by atomic mass is 10.1. The highest BCUT2D eigenvalue weighted by atomic mass is 16.6. The molecule has 0 radical (unpaired) electrons. The summed E-state index contributed by atoms with van der Waals surface area (Å²) in [5, 5.41) is 2.75. The van der Waals surface area contributed by atoms with Crippen molar-refractivity contribution in [1.82, 2.24) is 5.32 Å². The molecule has 0 fully saturated rings. The molecule has 29 heavy (non-hydrogen) atoms. The van der Waals surface area contributed by atoms with Crippen molar-refractivity contribution < 1.29 is 23.8 Å². The fraction of sp³-hybridized carbons (Fsp3) is 0.391. The SMILES string of the molecule is CCCOc1ccc(OCC(=O)OCCNC(=O)CCc2ccc(C)cc2)cc1. The molecule has 6 heteroatoms. The van der Waals surface area contributed by atoms with Gasteiger partial charge in [0.2, 0.25) is 5.91 Å². The number of hydrogen-bond donors (Lipinski definition) is 1. The number of amides is 1. The molecule has 156 valence electrons. The minimum absolute atomic E-state index is 0.0664. The van der Waals surface area contributed by atoms with E-state index < -0.39 is 5.97 Å². The van der Waals surface area contributed by atoms with E-state index in [0.29, 0.717) is 25.2 Å². The summed E-state index contributed by atoms with van der Waals surface area (Å²) in [4.78, 5) is 23.6. The fourth-order valence-corrected chi connectivity index (χ4v) is 2.49. The Bertz CT molecular complexity index is 756. The highest BCUT2D eigenvalue weighted by Crippen LogP contribution is 2.17. The number of esters is 1. The fourth-order valence-electron chi connectivity index (χ4n) is 2.49. The van der Waals surface area contributed by atoms with E-state index in [1.54, 1.807) is 24.3 Å². The third-order valence-electron chi connectivity index (χ3n) is 4.10. The second-order valence-electron chi connectivity index (χ2n) is 6.66. The van der Waals surface area contributed by atoms with Crippen LogP contribution in [0, 0.1) is 6.92 Å². The largest absolute Gasteiger partial charge is 0.494 e. The zero-order chi connectivity index (χ0) is 20.9. The third kappa shape index (κ3) is 9.14. The Balaban J connectivity index is 1.54. The molecule has 1 N–H and O–H groups in total. The molecule has 0 unspecified atom stereocenters. The summed E-state index contributed by atoms with van der Waals surface area (Å²) >= 11 is 0. The summed E-state index contributed by atoms with van der Waals surface area (Å²) in [5.41, 5.74) is 2.32. The van der Waals surface area contributed by atoms with Gasteiger partial charge in [-0.25, -0.2) is 4.79 Å². The lowest BCUT2D eigenvalue weighted by molar-refractivity contribution is -0.146. The summed E-state index contributed by atoms with van der Waals surface area (Å²) in [6.45, 7) is 4.94. The standard InChI is InChI=1S/C23H29NO5/c1-3-15-27-20-9-11-21(12-10-20)29-17-23(26)28-16-14-24-22(25)13-8-19-6-4-18(2)5-7-19/h4-7,9-12H,3,8,13-17H2,1-2H3,(H,24,25). The second kappa shape index (κ2) is 12.4. The summed E-state index contributed by atoms with van der Waals surface area (Å²) in [7, 11) is 0. The molecule has 2 aromatic rings. The van der Waals surface area contributed by atoms with Gasteiger partial charge >= 0.3 is 5.97 Å². The predicted octanol–water partition coefficient (Wildman–Crippen LogP) is 3.45. The normalized spacial score (nSPS) is 10.3. The van der Waals surface area contributed by atoms with E-state index in [-0.39, 0.29) is 25.7 Å². The van der Waals surface area contributed by atoms with Crippen LogP contribution in [0.15, 0.2) is 48.5 Å². The lowest BCUT2D eigenvalue weighted by Crippen LogP contribution is -2.29. The number of hydrogen-bond acceptors (Lipinski definition) is 5. The van der Waals surface area contributed by atoms with Gasteiger partial charge in [-0.1, -0.05) is 36.8 Å². The van der Waals surface area contributed by atoms with Gasteiger partial charge in [0.25, 0.3) is 0 Å². The number of benzene rings is 2. The number of carbonyl (C=O) groups excluding carboxylic acids is 2. The van der Waals surface area contributed by atoms with Gasteiger partial charge in [-0.15, -0.1) is 0 Å². The number of rotatable bonds is 12. The molecular formula is C23H29NO5. The van der Waals surface area contributed by atoms with Crippen LogP contribution in [0.3, 0.4) is 0 Å². The molecule has 0 saturated carbocycles. The smallest absolute Gasteiger partial charge is 0.344 e. The Morgan fingerprint density at radius 1 is 0.897 bits per heavy atom. The van der Waals surface area contributed by atoms with Gasteiger partial charge in [0.05, 0.1) is 13.2 Å². The van der Waals surface area contributed by atoms with E-state index in [1.807, 2.05) is 38.1 Å². The van der Waals surface area contributed by atoms with E-state index >= 15 is 0 Å². The van der Waals surface area contributed by atoms with Crippen molar-refractivity contribution in [3.05, 3.63) is 59.7 Å². The quantitative estimate of drug-likeness (QED) is 0.437. The summed E-state index contributed by atoms with van der Waals surface area (Å²) < 4.78 is 15.9. The monoisotopic (exact) mass is 399 g/mol. The van der Waals surface area contributed by atoms with Crippen molar-refractivity contribution in [1.29, 1.82) is 0 Å². The van der Waals surface area contributed by atoms with Gasteiger partial charge < -0.3 is 19.5 Å². The van der Waals surface area contributed by atoms with Gasteiger partial charge in [-0.05, 0) is 49.6 Å². The molecule has 2 rings (SSSR count). The topological polar surface area (TPSA) is 73.9 Å². The molecule has 1 amide bonds. The van der Waals surface area contributed by atoms with Gasteiger partial charge in [-0.3, -0.25) is 4.79 Å². The van der Waals surface area contributed by atoms with E-state index in [4.69, 9.17) is 14.2 Å². The minimum atomic E-state index is -0.481. The average Bonchev–Trinajstić information content (AvgIpc) is 2.74. The predicted molar refractivity (Wildman–Crippen MR) is 111 cm³/mol. The number of carbonyl (C=O) groups is 2. The van der Waals surface area contributed by atoms with Crippen molar-refractivity contribution in [2.24, 2.45) is 0 Å². The van der Waals surface area contributed by atoms with Crippen molar-refractivity contribution in [2.45, 2.75) is 33.1 Å². The Labute approximate surface area is 172 Å². The Kier molecular flexibility index (Phi) is 9.55. The van der Waals surface area contributed by atoms with Crippen molar-refractivity contribution >= 4 is 11.9 Å². The Hall–Kier alpha value is -3.02. The maximum absolute atomic E-state index is 11.8. The first kappa shape index (κ1) is 22.3. The number of ether oxygens (including phenoxy) is 3. The molecule has 0 atom stereocenters. The summed E-state index contributed by atoms with van der Waals surface area (Å²) in [5.74, 6) is 0.781. The highest BCUT2D eigenvalue weighted by molar-refractivity contribution is 5.76. The van der Waals surface area contributed by atoms with Crippen LogP contribution in [0.25, 0.3) is 0 Å². The van der Waals surface area contributed by atoms with E-state index in [2.05, 4.69) is 5.32 Å². The summed E-state index contributed by atoms with van der Waals surface area (Å²) in [6.07, 6.45) is 2.03. The van der Waals surface area contributed by atoms with Crippen LogP contribution >= 0.6 is 0 Å². The first-order valence-corrected chi connectivity index (χ1v) is 9.90. The van der Waals surface area contributed by atoms with Crippen molar-refractivity contribution in [2.75, 3.05) is 26.4 Å². The Morgan fingerprint density at radius 3 is 2.21 bits per heavy atom. The molecule has 2 aromatic carbocycles. The molecule has 0 heterocycles. The second-order valence-corrected chi connectivity index (χ2v) is 6.66. The molecule has 0 bridgehead atoms. The van der Waals surface area contributed by atoms with Crippen LogP contribution in [-0.4, -0.2) is 38.2 Å². The van der Waals surface area contributed by atoms with E-state index in [0.717, 1.165) is 17.7 Å². The van der Waals surface area contributed by atoms with Gasteiger partial charge in [-0.2, -0.15) is 0 Å². The van der Waals surface area contributed by atoms with E-state index in [9.17, 15) is 9.59 Å². The zero-order valence-electron chi connectivity index (χ0n) is 17.1. The molecular weight excluding hydrogens is 370 g/mol. The minimum Gasteiger partial charge on any atom is -0.494 e. The molecule has 0 aliphatic rings. The van der Waals surface area contributed by atoms with Crippen molar-refractivity contribution in [3.63, 3.8) is 0 Å². The first-order valence-electron chi connectivity index (χ1n) is 9.90. The maximum Gasteiger partial charge on any atom is 0.344 e. The molecule has 0 aromatic heterocycles. The van der Waals surface area contributed by atoms with Crippen LogP contribution in [0.5, 0.6) is 11.5 Å². The Morgan fingerprint density at radius 2 is 1.55 bits per heavy atom. The number of aryl methyl sites for hydroxylation is 2. The third-order valence-corrected chi connectivity index (χ3v) is 4.10. The number of nitrogens with one attached hydrogen (secondary N) is 1. The van der Waals surface area contributed by atoms with Crippen LogP contribution in [0.1, 0.15) is 30.9 Å². The van der Waals surface area contributed by atoms with Crippen LogP contribution < -0.4 is 14.8 Å². The first-order chi connectivity index (χ1) is 14.1. The maximum atomic E-state index is 11.8. The lowest BCUT2D eigenvalue weighted by Gasteiger charge is -2.09. The summed E-state index contributed by atoms with van der Waals surface area (Å²) in [6, 6.07) is 15.2. The molecule has 0 aliphatic heterocycles. The van der Waals surface area contributed by atoms with Gasteiger partial charge in [0, 0.05) is 6.42 Å². The highest BCUT2D eigenvalue weighted by Gasteiger charge is 2.06. The molecule has 6 nitrogen and oxygen atoms in total. The van der Waals surface area contributed by atoms with Gasteiger partial charge in [0.1, 0.15) is 18.1 Å². The van der Waals surface area contributed by atoms with Gasteiger partial charge in [0.15, 0.2) is 6.61 Å². The van der Waals surface area contributed by atoms with Crippen molar-refractivity contribution in [3.8, 4) is 11.5 Å². The molecule has 0 saturated heterocycles. The van der Waals surface area contributed by atoms with Crippen LogP contribution in [0.4, 0.5) is 0 Å². The van der Waals surface area contributed by atoms with Crippen LogP contribution in [0.2, 0.25) is 0 Å². The molecule has 0 aliphatic carbocycles.